The first kappa shape index (κ1) is 15.8. The van der Waals surface area contributed by atoms with Gasteiger partial charge in [-0.1, -0.05) is 22.0 Å². The van der Waals surface area contributed by atoms with Crippen molar-refractivity contribution >= 4 is 15.9 Å². The number of hydrogen-bond donors (Lipinski definition) is 2. The van der Waals surface area contributed by atoms with Crippen LogP contribution < -0.4 is 20.7 Å². The van der Waals surface area contributed by atoms with E-state index in [0.717, 1.165) is 5.56 Å². The van der Waals surface area contributed by atoms with E-state index < -0.39 is 6.04 Å². The number of rotatable bonds is 5. The Kier molecular flexibility index (Phi) is 5.17. The lowest BCUT2D eigenvalue weighted by Crippen LogP contribution is -2.29. The number of hydrazine groups is 1. The molecule has 3 N–H and O–H groups in total. The minimum atomic E-state index is -0.512. The number of nitrogens with two attached hydrogens (primary N) is 1. The van der Waals surface area contributed by atoms with E-state index >= 15 is 0 Å². The summed E-state index contributed by atoms with van der Waals surface area (Å²) in [5.41, 5.74) is 3.82. The summed E-state index contributed by atoms with van der Waals surface area (Å²) in [6, 6.07) is 9.65. The minimum absolute atomic E-state index is 0.353. The van der Waals surface area contributed by atoms with Crippen molar-refractivity contribution < 1.29 is 13.9 Å². The van der Waals surface area contributed by atoms with Gasteiger partial charge >= 0.3 is 0 Å². The number of nitrogens with one attached hydrogen (secondary N) is 1. The summed E-state index contributed by atoms with van der Waals surface area (Å²) in [6.07, 6.45) is 0. The Morgan fingerprint density at radius 3 is 2.19 bits per heavy atom. The van der Waals surface area contributed by atoms with E-state index in [1.165, 1.54) is 6.07 Å². The lowest BCUT2D eigenvalue weighted by atomic mass is 9.98. The van der Waals surface area contributed by atoms with Crippen molar-refractivity contribution in [3.63, 3.8) is 0 Å². The Balaban J connectivity index is 2.50. The summed E-state index contributed by atoms with van der Waals surface area (Å²) < 4.78 is 25.3. The van der Waals surface area contributed by atoms with Crippen molar-refractivity contribution in [1.29, 1.82) is 0 Å². The largest absolute Gasteiger partial charge is 0.497 e. The van der Waals surface area contributed by atoms with E-state index in [1.54, 1.807) is 44.6 Å². The molecule has 112 valence electrons. The Labute approximate surface area is 131 Å². The van der Waals surface area contributed by atoms with E-state index in [4.69, 9.17) is 15.3 Å². The second-order valence-electron chi connectivity index (χ2n) is 4.41. The van der Waals surface area contributed by atoms with Gasteiger partial charge in [0, 0.05) is 16.1 Å². The topological polar surface area (TPSA) is 56.5 Å². The molecule has 0 aliphatic carbocycles. The first-order chi connectivity index (χ1) is 10.1. The molecule has 0 heterocycles. The first-order valence-electron chi connectivity index (χ1n) is 6.23. The van der Waals surface area contributed by atoms with Crippen molar-refractivity contribution in [3.8, 4) is 11.5 Å². The summed E-state index contributed by atoms with van der Waals surface area (Å²) in [7, 11) is 3.12. The molecule has 0 amide bonds. The zero-order valence-corrected chi connectivity index (χ0v) is 13.3. The van der Waals surface area contributed by atoms with Gasteiger partial charge < -0.3 is 9.47 Å². The van der Waals surface area contributed by atoms with Crippen molar-refractivity contribution in [2.75, 3.05) is 14.2 Å². The van der Waals surface area contributed by atoms with Crippen LogP contribution in [-0.2, 0) is 0 Å². The summed E-state index contributed by atoms with van der Waals surface area (Å²) in [5, 5.41) is 0. The van der Waals surface area contributed by atoms with Crippen LogP contribution in [0.3, 0.4) is 0 Å². The minimum Gasteiger partial charge on any atom is -0.497 e. The van der Waals surface area contributed by atoms with Crippen LogP contribution in [0.15, 0.2) is 40.9 Å². The fourth-order valence-electron chi connectivity index (χ4n) is 2.10. The predicted molar refractivity (Wildman–Crippen MR) is 82.8 cm³/mol. The Morgan fingerprint density at radius 1 is 1.10 bits per heavy atom. The van der Waals surface area contributed by atoms with Crippen LogP contribution in [0.5, 0.6) is 11.5 Å². The SMILES string of the molecule is COc1cc(OC)cc(C(NN)c2ccc(Br)cc2F)c1. The molecule has 1 atom stereocenters. The second-order valence-corrected chi connectivity index (χ2v) is 5.33. The van der Waals surface area contributed by atoms with Gasteiger partial charge in [0.15, 0.2) is 0 Å². The molecule has 0 saturated heterocycles. The monoisotopic (exact) mass is 354 g/mol. The van der Waals surface area contributed by atoms with Crippen LogP contribution in [0.25, 0.3) is 0 Å². The van der Waals surface area contributed by atoms with Gasteiger partial charge in [0.1, 0.15) is 17.3 Å². The van der Waals surface area contributed by atoms with Crippen molar-refractivity contribution in [3.05, 3.63) is 57.8 Å². The third-order valence-corrected chi connectivity index (χ3v) is 3.64. The standard InChI is InChI=1S/C15H16BrFN2O2/c1-20-11-5-9(6-12(8-11)21-2)15(19-18)13-4-3-10(16)7-14(13)17/h3-8,15,19H,18H2,1-2H3. The molecule has 2 rings (SSSR count). The zero-order valence-electron chi connectivity index (χ0n) is 11.7. The number of hydrogen-bond acceptors (Lipinski definition) is 4. The predicted octanol–water partition coefficient (Wildman–Crippen LogP) is 3.16. The van der Waals surface area contributed by atoms with Gasteiger partial charge in [-0.2, -0.15) is 0 Å². The summed E-state index contributed by atoms with van der Waals surface area (Å²) in [6.45, 7) is 0. The molecule has 0 aliphatic heterocycles. The van der Waals surface area contributed by atoms with Gasteiger partial charge in [0.25, 0.3) is 0 Å². The molecule has 4 nitrogen and oxygen atoms in total. The maximum atomic E-state index is 14.2. The fraction of sp³-hybridized carbons (Fsp3) is 0.200. The van der Waals surface area contributed by atoms with E-state index in [0.29, 0.717) is 21.5 Å². The van der Waals surface area contributed by atoms with Gasteiger partial charge in [-0.05, 0) is 29.8 Å². The number of benzene rings is 2. The lowest BCUT2D eigenvalue weighted by molar-refractivity contribution is 0.392. The first-order valence-corrected chi connectivity index (χ1v) is 7.02. The lowest BCUT2D eigenvalue weighted by Gasteiger charge is -2.19. The summed E-state index contributed by atoms with van der Waals surface area (Å²) >= 11 is 3.24. The molecule has 0 fully saturated rings. The highest BCUT2D eigenvalue weighted by molar-refractivity contribution is 9.10. The van der Waals surface area contributed by atoms with Crippen molar-refractivity contribution in [2.24, 2.45) is 5.84 Å². The van der Waals surface area contributed by atoms with Crippen molar-refractivity contribution in [2.45, 2.75) is 6.04 Å². The Morgan fingerprint density at radius 2 is 1.71 bits per heavy atom. The molecular formula is C15H16BrFN2O2. The van der Waals surface area contributed by atoms with E-state index in [-0.39, 0.29) is 5.82 Å². The molecule has 0 aromatic heterocycles. The van der Waals surface area contributed by atoms with Crippen LogP contribution in [0, 0.1) is 5.82 Å². The highest BCUT2D eigenvalue weighted by Crippen LogP contribution is 2.31. The zero-order chi connectivity index (χ0) is 15.4. The number of halogens is 2. The molecule has 6 heteroatoms. The number of methoxy groups -OCH3 is 2. The van der Waals surface area contributed by atoms with Gasteiger partial charge in [0.05, 0.1) is 20.3 Å². The molecule has 2 aromatic rings. The maximum Gasteiger partial charge on any atom is 0.129 e. The maximum absolute atomic E-state index is 14.2. The van der Waals surface area contributed by atoms with Crippen LogP contribution in [0.4, 0.5) is 4.39 Å². The average Bonchev–Trinajstić information content (AvgIpc) is 2.49. The molecule has 0 spiro atoms. The van der Waals surface area contributed by atoms with E-state index in [1.807, 2.05) is 0 Å². The fourth-order valence-corrected chi connectivity index (χ4v) is 2.43. The van der Waals surface area contributed by atoms with Gasteiger partial charge in [-0.3, -0.25) is 5.84 Å². The molecule has 1 unspecified atom stereocenters. The number of ether oxygens (including phenoxy) is 2. The van der Waals surface area contributed by atoms with Crippen LogP contribution in [0.2, 0.25) is 0 Å². The molecule has 0 saturated carbocycles. The molecule has 0 radical (unpaired) electrons. The third-order valence-electron chi connectivity index (χ3n) is 3.15. The highest BCUT2D eigenvalue weighted by Gasteiger charge is 2.18. The third kappa shape index (κ3) is 3.53. The molecule has 0 bridgehead atoms. The molecular weight excluding hydrogens is 339 g/mol. The Bertz CT molecular complexity index is 615. The summed E-state index contributed by atoms with van der Waals surface area (Å²) in [5.74, 6) is 6.49. The Hall–Kier alpha value is -1.63. The summed E-state index contributed by atoms with van der Waals surface area (Å²) in [4.78, 5) is 0. The van der Waals surface area contributed by atoms with Crippen LogP contribution >= 0.6 is 15.9 Å². The average molecular weight is 355 g/mol. The quantitative estimate of drug-likeness (QED) is 0.639. The molecule has 2 aromatic carbocycles. The van der Waals surface area contributed by atoms with Gasteiger partial charge in [-0.25, -0.2) is 9.82 Å². The van der Waals surface area contributed by atoms with Gasteiger partial charge in [-0.15, -0.1) is 0 Å². The van der Waals surface area contributed by atoms with E-state index in [2.05, 4.69) is 21.4 Å². The van der Waals surface area contributed by atoms with Gasteiger partial charge in [0.2, 0.25) is 0 Å². The second kappa shape index (κ2) is 6.89. The van der Waals surface area contributed by atoms with Crippen LogP contribution in [-0.4, -0.2) is 14.2 Å². The van der Waals surface area contributed by atoms with Crippen LogP contribution in [0.1, 0.15) is 17.2 Å². The van der Waals surface area contributed by atoms with Crippen molar-refractivity contribution in [1.82, 2.24) is 5.43 Å². The highest BCUT2D eigenvalue weighted by atomic mass is 79.9. The molecule has 21 heavy (non-hydrogen) atoms. The normalized spacial score (nSPS) is 12.0. The van der Waals surface area contributed by atoms with E-state index in [9.17, 15) is 4.39 Å². The molecule has 0 aliphatic rings. The smallest absolute Gasteiger partial charge is 0.129 e.